The standard InChI is InChI=1S/C7H16N3O4P/c1-8-6(11)7(12)10(4)15(13,14-5)9(2)3/h1-5H3,(H,8,11). The highest BCUT2D eigenvalue weighted by atomic mass is 31.2. The molecule has 15 heavy (non-hydrogen) atoms. The Labute approximate surface area is 88.9 Å². The van der Waals surface area contributed by atoms with Crippen LogP contribution < -0.4 is 5.32 Å². The monoisotopic (exact) mass is 237 g/mol. The van der Waals surface area contributed by atoms with Gasteiger partial charge in [0.15, 0.2) is 0 Å². The fourth-order valence-corrected chi connectivity index (χ4v) is 2.35. The highest BCUT2D eigenvalue weighted by Crippen LogP contribution is 2.50. The summed E-state index contributed by atoms with van der Waals surface area (Å²) in [7, 11) is 3.36. The molecule has 0 aromatic heterocycles. The number of rotatable bonds is 3. The number of hydrogen-bond donors (Lipinski definition) is 1. The molecule has 0 radical (unpaired) electrons. The predicted molar refractivity (Wildman–Crippen MR) is 55.1 cm³/mol. The number of nitrogens with one attached hydrogen (secondary N) is 1. The number of amides is 2. The van der Waals surface area contributed by atoms with Gasteiger partial charge in [-0.1, -0.05) is 0 Å². The normalized spacial score (nSPS) is 14.5. The van der Waals surface area contributed by atoms with Crippen molar-refractivity contribution in [2.45, 2.75) is 0 Å². The average molecular weight is 237 g/mol. The maximum absolute atomic E-state index is 12.1. The van der Waals surface area contributed by atoms with Crippen molar-refractivity contribution in [2.75, 3.05) is 35.3 Å². The molecule has 0 fully saturated rings. The second-order valence-corrected chi connectivity index (χ2v) is 5.67. The van der Waals surface area contributed by atoms with E-state index in [-0.39, 0.29) is 0 Å². The van der Waals surface area contributed by atoms with E-state index < -0.39 is 19.5 Å². The molecule has 0 spiro atoms. The van der Waals surface area contributed by atoms with Gasteiger partial charge in [0, 0.05) is 21.2 Å². The summed E-state index contributed by atoms with van der Waals surface area (Å²) in [6.45, 7) is 0. The van der Waals surface area contributed by atoms with Crippen molar-refractivity contribution in [3.63, 3.8) is 0 Å². The summed E-state index contributed by atoms with van der Waals surface area (Å²) < 4.78 is 18.9. The van der Waals surface area contributed by atoms with Gasteiger partial charge in [-0.05, 0) is 14.1 Å². The predicted octanol–water partition coefficient (Wildman–Crippen LogP) is -0.493. The van der Waals surface area contributed by atoms with Crippen LogP contribution in [0.2, 0.25) is 0 Å². The van der Waals surface area contributed by atoms with Gasteiger partial charge in [0.1, 0.15) is 0 Å². The van der Waals surface area contributed by atoms with E-state index in [0.717, 1.165) is 4.67 Å². The summed E-state index contributed by atoms with van der Waals surface area (Å²) in [5.74, 6) is -1.74. The van der Waals surface area contributed by atoms with Gasteiger partial charge in [0.2, 0.25) is 0 Å². The Morgan fingerprint density at radius 3 is 2.00 bits per heavy atom. The van der Waals surface area contributed by atoms with Crippen LogP contribution in [0.1, 0.15) is 0 Å². The van der Waals surface area contributed by atoms with Gasteiger partial charge in [0.05, 0.1) is 0 Å². The first-order valence-corrected chi connectivity index (χ1v) is 5.68. The molecule has 0 aromatic rings. The van der Waals surface area contributed by atoms with E-state index in [4.69, 9.17) is 4.52 Å². The zero-order chi connectivity index (χ0) is 12.2. The zero-order valence-electron chi connectivity index (χ0n) is 9.47. The molecule has 0 saturated heterocycles. The van der Waals surface area contributed by atoms with E-state index in [2.05, 4.69) is 5.32 Å². The highest BCUT2D eigenvalue weighted by Gasteiger charge is 2.36. The number of carbonyl (C=O) groups excluding carboxylic acids is 2. The van der Waals surface area contributed by atoms with E-state index >= 15 is 0 Å². The smallest absolute Gasteiger partial charge is 0.351 e. The van der Waals surface area contributed by atoms with Crippen molar-refractivity contribution in [3.8, 4) is 0 Å². The lowest BCUT2D eigenvalue weighted by molar-refractivity contribution is -0.142. The van der Waals surface area contributed by atoms with Crippen LogP contribution in [0.4, 0.5) is 0 Å². The maximum Gasteiger partial charge on any atom is 0.372 e. The molecule has 0 rings (SSSR count). The van der Waals surface area contributed by atoms with Crippen molar-refractivity contribution in [1.29, 1.82) is 0 Å². The number of hydrogen-bond acceptors (Lipinski definition) is 4. The molecule has 2 amide bonds. The molecule has 0 aliphatic heterocycles. The topological polar surface area (TPSA) is 79.0 Å². The van der Waals surface area contributed by atoms with E-state index in [1.807, 2.05) is 0 Å². The van der Waals surface area contributed by atoms with Gasteiger partial charge in [-0.15, -0.1) is 0 Å². The van der Waals surface area contributed by atoms with E-state index in [1.54, 1.807) is 0 Å². The molecule has 88 valence electrons. The lowest BCUT2D eigenvalue weighted by Crippen LogP contribution is -2.40. The first-order valence-electron chi connectivity index (χ1n) is 4.15. The Morgan fingerprint density at radius 2 is 1.73 bits per heavy atom. The van der Waals surface area contributed by atoms with Crippen molar-refractivity contribution in [2.24, 2.45) is 0 Å². The van der Waals surface area contributed by atoms with E-state index in [0.29, 0.717) is 0 Å². The Morgan fingerprint density at radius 1 is 1.27 bits per heavy atom. The van der Waals surface area contributed by atoms with Crippen LogP contribution in [0, 0.1) is 0 Å². The summed E-state index contributed by atoms with van der Waals surface area (Å²) in [6.07, 6.45) is 0. The van der Waals surface area contributed by atoms with E-state index in [9.17, 15) is 14.2 Å². The quantitative estimate of drug-likeness (QED) is 0.529. The maximum atomic E-state index is 12.1. The van der Waals surface area contributed by atoms with Crippen molar-refractivity contribution >= 4 is 19.5 Å². The molecule has 1 atom stereocenters. The number of nitrogens with zero attached hydrogens (tertiary/aromatic N) is 2. The molecule has 0 saturated carbocycles. The van der Waals surface area contributed by atoms with Crippen LogP contribution in [0.5, 0.6) is 0 Å². The molecule has 0 aliphatic rings. The minimum Gasteiger partial charge on any atom is -0.351 e. The third-order valence-corrected chi connectivity index (χ3v) is 4.26. The minimum absolute atomic E-state index is 0.797. The fraction of sp³-hybridized carbons (Fsp3) is 0.714. The average Bonchev–Trinajstić information content (AvgIpc) is 2.24. The van der Waals surface area contributed by atoms with Crippen molar-refractivity contribution in [1.82, 2.24) is 14.7 Å². The highest BCUT2D eigenvalue weighted by molar-refractivity contribution is 7.54. The summed E-state index contributed by atoms with van der Waals surface area (Å²) in [4.78, 5) is 22.5. The van der Waals surface area contributed by atoms with Crippen molar-refractivity contribution < 1.29 is 18.7 Å². The molecule has 0 heterocycles. The molecule has 0 aromatic carbocycles. The SMILES string of the molecule is CNC(=O)C(=O)N(C)P(=O)(OC)N(C)C. The summed E-state index contributed by atoms with van der Waals surface area (Å²) in [5.41, 5.74) is 0. The minimum atomic E-state index is -3.43. The van der Waals surface area contributed by atoms with Gasteiger partial charge in [-0.3, -0.25) is 14.3 Å². The molecule has 1 unspecified atom stereocenters. The molecule has 7 nitrogen and oxygen atoms in total. The van der Waals surface area contributed by atoms with Crippen LogP contribution in [-0.2, 0) is 18.7 Å². The third-order valence-electron chi connectivity index (χ3n) is 1.84. The summed E-state index contributed by atoms with van der Waals surface area (Å²) >= 11 is 0. The second kappa shape index (κ2) is 5.25. The van der Waals surface area contributed by atoms with Gasteiger partial charge >= 0.3 is 19.5 Å². The first-order chi connectivity index (χ1) is 6.81. The molecular weight excluding hydrogens is 221 g/mol. The summed E-state index contributed by atoms with van der Waals surface area (Å²) in [5, 5.41) is 2.16. The fourth-order valence-electron chi connectivity index (χ4n) is 0.923. The molecule has 1 N–H and O–H groups in total. The van der Waals surface area contributed by atoms with Crippen LogP contribution >= 0.6 is 7.67 Å². The lowest BCUT2D eigenvalue weighted by atomic mass is 10.6. The van der Waals surface area contributed by atoms with Gasteiger partial charge in [-0.2, -0.15) is 0 Å². The van der Waals surface area contributed by atoms with Crippen LogP contribution in [0.25, 0.3) is 0 Å². The molecular formula is C7H16N3O4P. The number of likely N-dealkylation sites (N-methyl/N-ethyl adjacent to an activating group) is 2. The second-order valence-electron chi connectivity index (χ2n) is 2.93. The zero-order valence-corrected chi connectivity index (χ0v) is 10.4. The van der Waals surface area contributed by atoms with Crippen LogP contribution in [0.15, 0.2) is 0 Å². The summed E-state index contributed by atoms with van der Waals surface area (Å²) in [6, 6.07) is 0. The Kier molecular flexibility index (Phi) is 4.93. The van der Waals surface area contributed by atoms with E-state index in [1.165, 1.54) is 40.0 Å². The van der Waals surface area contributed by atoms with Gasteiger partial charge < -0.3 is 9.84 Å². The van der Waals surface area contributed by atoms with Crippen molar-refractivity contribution in [3.05, 3.63) is 0 Å². The van der Waals surface area contributed by atoms with Gasteiger partial charge in [0.25, 0.3) is 0 Å². The molecule has 8 heteroatoms. The third kappa shape index (κ3) is 2.77. The Balaban J connectivity index is 4.98. The first kappa shape index (κ1) is 14.1. The van der Waals surface area contributed by atoms with Gasteiger partial charge in [-0.25, -0.2) is 9.24 Å². The lowest BCUT2D eigenvalue weighted by Gasteiger charge is -2.29. The van der Waals surface area contributed by atoms with Crippen LogP contribution in [0.3, 0.4) is 0 Å². The van der Waals surface area contributed by atoms with Crippen LogP contribution in [-0.4, -0.2) is 56.5 Å². The number of carbonyl (C=O) groups is 2. The molecule has 0 bridgehead atoms. The largest absolute Gasteiger partial charge is 0.372 e. The molecule has 0 aliphatic carbocycles. The Hall–Kier alpha value is -0.910. The Bertz CT molecular complexity index is 305.